The average Bonchev–Trinajstić information content (AvgIpc) is 2.24. The zero-order chi connectivity index (χ0) is 12.9. The molecule has 0 heterocycles. The molecule has 1 rings (SSSR count). The number of hydrogen-bond donors (Lipinski definition) is 1. The van der Waals surface area contributed by atoms with Gasteiger partial charge >= 0.3 is 0 Å². The first-order valence-corrected chi connectivity index (χ1v) is 7.45. The van der Waals surface area contributed by atoms with Gasteiger partial charge < -0.3 is 10.2 Å². The third-order valence-electron chi connectivity index (χ3n) is 4.15. The Kier molecular flexibility index (Phi) is 5.94. The first kappa shape index (κ1) is 15.0. The topological polar surface area (TPSA) is 15.3 Å². The quantitative estimate of drug-likeness (QED) is 0.766. The maximum atomic E-state index is 3.83. The van der Waals surface area contributed by atoms with E-state index >= 15 is 0 Å². The molecular formula is C15H32N2. The van der Waals surface area contributed by atoms with Crippen molar-refractivity contribution in [2.45, 2.75) is 72.4 Å². The minimum atomic E-state index is 0.546. The van der Waals surface area contributed by atoms with Gasteiger partial charge in [-0.05, 0) is 44.7 Å². The Morgan fingerprint density at radius 3 is 2.47 bits per heavy atom. The van der Waals surface area contributed by atoms with Crippen LogP contribution in [0.2, 0.25) is 0 Å². The molecule has 0 aliphatic heterocycles. The van der Waals surface area contributed by atoms with Gasteiger partial charge in [-0.3, -0.25) is 0 Å². The number of hydrogen-bond acceptors (Lipinski definition) is 2. The molecule has 2 nitrogen and oxygen atoms in total. The molecule has 102 valence electrons. The Morgan fingerprint density at radius 1 is 1.29 bits per heavy atom. The third-order valence-corrected chi connectivity index (χ3v) is 4.15. The van der Waals surface area contributed by atoms with Crippen molar-refractivity contribution < 1.29 is 0 Å². The van der Waals surface area contributed by atoms with E-state index in [1.54, 1.807) is 0 Å². The van der Waals surface area contributed by atoms with E-state index in [2.05, 4.69) is 44.8 Å². The summed E-state index contributed by atoms with van der Waals surface area (Å²) in [6.07, 6.45) is 5.50. The van der Waals surface area contributed by atoms with Gasteiger partial charge in [0.15, 0.2) is 0 Å². The molecule has 0 amide bonds. The van der Waals surface area contributed by atoms with Gasteiger partial charge in [0.1, 0.15) is 0 Å². The lowest BCUT2D eigenvalue weighted by molar-refractivity contribution is 0.178. The summed E-state index contributed by atoms with van der Waals surface area (Å²) >= 11 is 0. The van der Waals surface area contributed by atoms with Crippen LogP contribution in [0.5, 0.6) is 0 Å². The van der Waals surface area contributed by atoms with Crippen LogP contribution < -0.4 is 5.32 Å². The molecule has 0 spiro atoms. The predicted molar refractivity (Wildman–Crippen MR) is 76.4 cm³/mol. The molecule has 2 heteroatoms. The highest BCUT2D eigenvalue weighted by atomic mass is 15.1. The van der Waals surface area contributed by atoms with Gasteiger partial charge in [0, 0.05) is 18.6 Å². The summed E-state index contributed by atoms with van der Waals surface area (Å²) < 4.78 is 0. The number of likely N-dealkylation sites (N-methyl/N-ethyl adjacent to an activating group) is 1. The Bertz CT molecular complexity index is 209. The normalized spacial score (nSPS) is 26.1. The van der Waals surface area contributed by atoms with Gasteiger partial charge in [-0.25, -0.2) is 0 Å². The van der Waals surface area contributed by atoms with E-state index in [9.17, 15) is 0 Å². The van der Waals surface area contributed by atoms with Crippen molar-refractivity contribution in [3.05, 3.63) is 0 Å². The van der Waals surface area contributed by atoms with Crippen molar-refractivity contribution in [1.29, 1.82) is 0 Å². The summed E-state index contributed by atoms with van der Waals surface area (Å²) in [6, 6.07) is 1.36. The van der Waals surface area contributed by atoms with E-state index in [1.807, 2.05) is 0 Å². The van der Waals surface area contributed by atoms with Gasteiger partial charge in [-0.2, -0.15) is 0 Å². The summed E-state index contributed by atoms with van der Waals surface area (Å²) in [5.74, 6) is 0. The molecule has 0 aromatic heterocycles. The maximum absolute atomic E-state index is 3.83. The summed E-state index contributed by atoms with van der Waals surface area (Å²) in [4.78, 5) is 2.51. The summed E-state index contributed by atoms with van der Waals surface area (Å²) in [6.45, 7) is 15.2. The highest BCUT2D eigenvalue weighted by Crippen LogP contribution is 2.35. The van der Waals surface area contributed by atoms with Gasteiger partial charge in [-0.1, -0.05) is 34.1 Å². The second kappa shape index (κ2) is 6.75. The van der Waals surface area contributed by atoms with Gasteiger partial charge in [0.05, 0.1) is 0 Å². The van der Waals surface area contributed by atoms with Crippen molar-refractivity contribution in [2.75, 3.05) is 19.6 Å². The zero-order valence-electron chi connectivity index (χ0n) is 12.6. The van der Waals surface area contributed by atoms with Crippen LogP contribution in [0.3, 0.4) is 0 Å². The fourth-order valence-corrected chi connectivity index (χ4v) is 3.16. The van der Waals surface area contributed by atoms with Gasteiger partial charge in [0.2, 0.25) is 0 Å². The van der Waals surface area contributed by atoms with Crippen LogP contribution in [0.15, 0.2) is 0 Å². The molecule has 2 atom stereocenters. The standard InChI is InChI=1S/C15H32N2/c1-6-17(7-2)12-13(3)16-14-9-8-10-15(4,5)11-14/h13-14,16H,6-12H2,1-5H3. The smallest absolute Gasteiger partial charge is 0.0169 e. The van der Waals surface area contributed by atoms with Crippen LogP contribution in [0.1, 0.15) is 60.3 Å². The maximum Gasteiger partial charge on any atom is 0.0169 e. The minimum absolute atomic E-state index is 0.546. The highest BCUT2D eigenvalue weighted by Gasteiger charge is 2.28. The second-order valence-corrected chi connectivity index (χ2v) is 6.51. The minimum Gasteiger partial charge on any atom is -0.310 e. The van der Waals surface area contributed by atoms with Gasteiger partial charge in [0.25, 0.3) is 0 Å². The van der Waals surface area contributed by atoms with Crippen LogP contribution in [-0.4, -0.2) is 36.6 Å². The van der Waals surface area contributed by atoms with E-state index in [4.69, 9.17) is 0 Å². The van der Waals surface area contributed by atoms with Gasteiger partial charge in [-0.15, -0.1) is 0 Å². The van der Waals surface area contributed by atoms with E-state index in [0.29, 0.717) is 11.5 Å². The molecule has 0 saturated heterocycles. The van der Waals surface area contributed by atoms with Crippen LogP contribution >= 0.6 is 0 Å². The lowest BCUT2D eigenvalue weighted by Gasteiger charge is -2.37. The lowest BCUT2D eigenvalue weighted by atomic mass is 9.75. The van der Waals surface area contributed by atoms with E-state index in [1.165, 1.54) is 45.3 Å². The number of nitrogens with one attached hydrogen (secondary N) is 1. The largest absolute Gasteiger partial charge is 0.310 e. The molecule has 0 radical (unpaired) electrons. The van der Waals surface area contributed by atoms with Crippen molar-refractivity contribution in [3.8, 4) is 0 Å². The molecule has 1 fully saturated rings. The third kappa shape index (κ3) is 5.39. The van der Waals surface area contributed by atoms with Crippen molar-refractivity contribution >= 4 is 0 Å². The van der Waals surface area contributed by atoms with Crippen LogP contribution in [0, 0.1) is 5.41 Å². The van der Waals surface area contributed by atoms with Crippen molar-refractivity contribution in [1.82, 2.24) is 10.2 Å². The van der Waals surface area contributed by atoms with E-state index in [-0.39, 0.29) is 0 Å². The molecule has 1 saturated carbocycles. The second-order valence-electron chi connectivity index (χ2n) is 6.51. The Balaban J connectivity index is 2.32. The molecule has 1 aliphatic carbocycles. The molecule has 1 N–H and O–H groups in total. The zero-order valence-corrected chi connectivity index (χ0v) is 12.6. The van der Waals surface area contributed by atoms with E-state index < -0.39 is 0 Å². The monoisotopic (exact) mass is 240 g/mol. The first-order chi connectivity index (χ1) is 7.96. The Hall–Kier alpha value is -0.0800. The average molecular weight is 240 g/mol. The Labute approximate surface area is 108 Å². The fraction of sp³-hybridized carbons (Fsp3) is 1.00. The molecular weight excluding hydrogens is 208 g/mol. The fourth-order valence-electron chi connectivity index (χ4n) is 3.16. The molecule has 0 aromatic carbocycles. The highest BCUT2D eigenvalue weighted by molar-refractivity contribution is 4.85. The predicted octanol–water partition coefficient (Wildman–Crippen LogP) is 3.28. The van der Waals surface area contributed by atoms with Crippen molar-refractivity contribution in [3.63, 3.8) is 0 Å². The Morgan fingerprint density at radius 2 is 1.94 bits per heavy atom. The summed E-state index contributed by atoms with van der Waals surface area (Å²) in [5.41, 5.74) is 0.546. The molecule has 0 aromatic rings. The lowest BCUT2D eigenvalue weighted by Crippen LogP contribution is -2.46. The van der Waals surface area contributed by atoms with Crippen LogP contribution in [0.25, 0.3) is 0 Å². The summed E-state index contributed by atoms with van der Waals surface area (Å²) in [5, 5.41) is 3.83. The molecule has 0 bridgehead atoms. The molecule has 17 heavy (non-hydrogen) atoms. The van der Waals surface area contributed by atoms with E-state index in [0.717, 1.165) is 6.04 Å². The number of nitrogens with zero attached hydrogens (tertiary/aromatic N) is 1. The molecule has 1 aliphatic rings. The summed E-state index contributed by atoms with van der Waals surface area (Å²) in [7, 11) is 0. The van der Waals surface area contributed by atoms with Crippen LogP contribution in [-0.2, 0) is 0 Å². The van der Waals surface area contributed by atoms with Crippen LogP contribution in [0.4, 0.5) is 0 Å². The van der Waals surface area contributed by atoms with Crippen molar-refractivity contribution in [2.24, 2.45) is 5.41 Å². The first-order valence-electron chi connectivity index (χ1n) is 7.45. The SMILES string of the molecule is CCN(CC)CC(C)NC1CCCC(C)(C)C1. The molecule has 2 unspecified atom stereocenters. The number of rotatable bonds is 6.